The molecule has 4 rings (SSSR count). The second kappa shape index (κ2) is 6.79. The number of piperidine rings is 1. The maximum Gasteiger partial charge on any atom is 0.255 e. The number of aromatic nitrogens is 2. The minimum atomic E-state index is -0.430. The first kappa shape index (κ1) is 16.6. The Balaban J connectivity index is 1.50. The zero-order valence-electron chi connectivity index (χ0n) is 14.0. The van der Waals surface area contributed by atoms with E-state index in [0.29, 0.717) is 18.7 Å². The normalized spacial score (nSPS) is 20.7. The van der Waals surface area contributed by atoms with Gasteiger partial charge in [-0.3, -0.25) is 4.79 Å². The van der Waals surface area contributed by atoms with E-state index in [-0.39, 0.29) is 16.8 Å². The molecule has 2 fully saturated rings. The smallest absolute Gasteiger partial charge is 0.255 e. The zero-order valence-corrected chi connectivity index (χ0v) is 14.8. The van der Waals surface area contributed by atoms with Crippen LogP contribution >= 0.6 is 11.6 Å². The Labute approximate surface area is 151 Å². The van der Waals surface area contributed by atoms with Crippen LogP contribution in [-0.2, 0) is 6.54 Å². The Kier molecular flexibility index (Phi) is 4.50. The van der Waals surface area contributed by atoms with Crippen LogP contribution in [0.1, 0.15) is 47.8 Å². The van der Waals surface area contributed by atoms with E-state index in [1.807, 2.05) is 17.3 Å². The number of hydrogen-bond donors (Lipinski definition) is 0. The van der Waals surface area contributed by atoms with Crippen molar-refractivity contribution in [2.75, 3.05) is 13.1 Å². The Morgan fingerprint density at radius 3 is 2.92 bits per heavy atom. The van der Waals surface area contributed by atoms with Gasteiger partial charge in [0.25, 0.3) is 5.91 Å². The van der Waals surface area contributed by atoms with Crippen molar-refractivity contribution in [1.82, 2.24) is 14.5 Å². The first-order valence-electron chi connectivity index (χ1n) is 8.87. The SMILES string of the molecule is O=C(c1ccc(F)cc1Cl)N1CCCC(c2nccn2CC2CC2)C1. The topological polar surface area (TPSA) is 38.1 Å². The number of benzene rings is 1. The van der Waals surface area contributed by atoms with E-state index in [0.717, 1.165) is 31.1 Å². The maximum absolute atomic E-state index is 13.2. The molecule has 1 amide bonds. The number of nitrogens with zero attached hydrogens (tertiary/aromatic N) is 3. The van der Waals surface area contributed by atoms with E-state index in [1.165, 1.54) is 31.0 Å². The van der Waals surface area contributed by atoms with Crippen LogP contribution in [0.4, 0.5) is 4.39 Å². The lowest BCUT2D eigenvalue weighted by Gasteiger charge is -2.33. The molecule has 0 N–H and O–H groups in total. The quantitative estimate of drug-likeness (QED) is 0.822. The summed E-state index contributed by atoms with van der Waals surface area (Å²) in [6, 6.07) is 3.94. The van der Waals surface area contributed by atoms with E-state index >= 15 is 0 Å². The number of hydrogen-bond acceptors (Lipinski definition) is 2. The van der Waals surface area contributed by atoms with Gasteiger partial charge in [-0.1, -0.05) is 11.6 Å². The highest BCUT2D eigenvalue weighted by atomic mass is 35.5. The largest absolute Gasteiger partial charge is 0.338 e. The van der Waals surface area contributed by atoms with Crippen LogP contribution in [0.2, 0.25) is 5.02 Å². The molecule has 2 heterocycles. The molecular weight excluding hydrogens is 341 g/mol. The summed E-state index contributed by atoms with van der Waals surface area (Å²) in [5.74, 6) is 1.54. The molecule has 1 atom stereocenters. The van der Waals surface area contributed by atoms with Crippen molar-refractivity contribution in [2.45, 2.75) is 38.1 Å². The zero-order chi connectivity index (χ0) is 17.4. The van der Waals surface area contributed by atoms with Crippen molar-refractivity contribution in [1.29, 1.82) is 0 Å². The van der Waals surface area contributed by atoms with E-state index in [1.54, 1.807) is 0 Å². The standard InChI is InChI=1S/C19H21ClFN3O/c20-17-10-15(21)5-6-16(17)19(25)24-8-1-2-14(12-24)18-22-7-9-23(18)11-13-3-4-13/h5-7,9-10,13-14H,1-4,8,11-12H2. The van der Waals surface area contributed by atoms with Crippen LogP contribution in [0.3, 0.4) is 0 Å². The highest BCUT2D eigenvalue weighted by molar-refractivity contribution is 6.33. The second-order valence-electron chi connectivity index (χ2n) is 7.10. The summed E-state index contributed by atoms with van der Waals surface area (Å²) in [7, 11) is 0. The monoisotopic (exact) mass is 361 g/mol. The highest BCUT2D eigenvalue weighted by Gasteiger charge is 2.30. The number of halogens is 2. The molecular formula is C19H21ClFN3O. The van der Waals surface area contributed by atoms with Crippen molar-refractivity contribution in [2.24, 2.45) is 5.92 Å². The molecule has 1 aliphatic carbocycles. The van der Waals surface area contributed by atoms with Gasteiger partial charge in [-0.05, 0) is 49.8 Å². The van der Waals surface area contributed by atoms with Gasteiger partial charge in [0.2, 0.25) is 0 Å². The summed E-state index contributed by atoms with van der Waals surface area (Å²) < 4.78 is 15.5. The lowest BCUT2D eigenvalue weighted by Crippen LogP contribution is -2.40. The summed E-state index contributed by atoms with van der Waals surface area (Å²) >= 11 is 6.07. The van der Waals surface area contributed by atoms with Gasteiger partial charge >= 0.3 is 0 Å². The van der Waals surface area contributed by atoms with E-state index in [9.17, 15) is 9.18 Å². The molecule has 1 unspecified atom stereocenters. The molecule has 132 valence electrons. The van der Waals surface area contributed by atoms with Crippen molar-refractivity contribution in [3.05, 3.63) is 52.8 Å². The van der Waals surface area contributed by atoms with Crippen molar-refractivity contribution < 1.29 is 9.18 Å². The van der Waals surface area contributed by atoms with Gasteiger partial charge in [0, 0.05) is 37.9 Å². The summed E-state index contributed by atoms with van der Waals surface area (Å²) in [4.78, 5) is 19.2. The molecule has 0 spiro atoms. The molecule has 25 heavy (non-hydrogen) atoms. The molecule has 0 radical (unpaired) electrons. The Morgan fingerprint density at radius 2 is 2.16 bits per heavy atom. The fraction of sp³-hybridized carbons (Fsp3) is 0.474. The molecule has 6 heteroatoms. The number of rotatable bonds is 4. The number of imidazole rings is 1. The predicted molar refractivity (Wildman–Crippen MR) is 94.2 cm³/mol. The Morgan fingerprint density at radius 1 is 1.32 bits per heavy atom. The maximum atomic E-state index is 13.2. The number of amides is 1. The van der Waals surface area contributed by atoms with Crippen LogP contribution in [0, 0.1) is 11.7 Å². The lowest BCUT2D eigenvalue weighted by molar-refractivity contribution is 0.0703. The average Bonchev–Trinajstić information content (AvgIpc) is 3.30. The van der Waals surface area contributed by atoms with Crippen LogP contribution in [0.15, 0.2) is 30.6 Å². The minimum Gasteiger partial charge on any atom is -0.338 e. The molecule has 1 saturated carbocycles. The van der Waals surface area contributed by atoms with Crippen LogP contribution in [-0.4, -0.2) is 33.4 Å². The van der Waals surface area contributed by atoms with E-state index in [4.69, 9.17) is 11.6 Å². The summed E-state index contributed by atoms with van der Waals surface area (Å²) in [5, 5.41) is 0.169. The molecule has 2 aliphatic rings. The minimum absolute atomic E-state index is 0.130. The summed E-state index contributed by atoms with van der Waals surface area (Å²) in [6.07, 6.45) is 8.47. The summed E-state index contributed by atoms with van der Waals surface area (Å²) in [5.41, 5.74) is 0.366. The molecule has 1 aromatic carbocycles. The third-order valence-electron chi connectivity index (χ3n) is 5.13. The van der Waals surface area contributed by atoms with Gasteiger partial charge in [0.05, 0.1) is 10.6 Å². The molecule has 4 nitrogen and oxygen atoms in total. The van der Waals surface area contributed by atoms with E-state index < -0.39 is 5.82 Å². The lowest BCUT2D eigenvalue weighted by atomic mass is 9.96. The third kappa shape index (κ3) is 3.56. The van der Waals surface area contributed by atoms with Crippen molar-refractivity contribution in [3.63, 3.8) is 0 Å². The highest BCUT2D eigenvalue weighted by Crippen LogP contribution is 2.33. The molecule has 0 bridgehead atoms. The van der Waals surface area contributed by atoms with Gasteiger partial charge in [0.15, 0.2) is 0 Å². The average molecular weight is 362 g/mol. The van der Waals surface area contributed by atoms with E-state index in [2.05, 4.69) is 9.55 Å². The molecule has 1 aliphatic heterocycles. The van der Waals surface area contributed by atoms with Crippen LogP contribution in [0.25, 0.3) is 0 Å². The van der Waals surface area contributed by atoms with Crippen molar-refractivity contribution in [3.8, 4) is 0 Å². The molecule has 1 saturated heterocycles. The third-order valence-corrected chi connectivity index (χ3v) is 5.45. The second-order valence-corrected chi connectivity index (χ2v) is 7.50. The summed E-state index contributed by atoms with van der Waals surface area (Å²) in [6.45, 7) is 2.37. The first-order valence-corrected chi connectivity index (χ1v) is 9.25. The van der Waals surface area contributed by atoms with Crippen molar-refractivity contribution >= 4 is 17.5 Å². The number of carbonyl (C=O) groups is 1. The Hall–Kier alpha value is -1.88. The number of carbonyl (C=O) groups excluding carboxylic acids is 1. The molecule has 2 aromatic rings. The van der Waals surface area contributed by atoms with Gasteiger partial charge in [-0.25, -0.2) is 9.37 Å². The first-order chi connectivity index (χ1) is 12.1. The fourth-order valence-corrected chi connectivity index (χ4v) is 3.87. The Bertz CT molecular complexity index is 787. The van der Waals surface area contributed by atoms with Gasteiger partial charge in [0.1, 0.15) is 11.6 Å². The van der Waals surface area contributed by atoms with Crippen LogP contribution < -0.4 is 0 Å². The van der Waals surface area contributed by atoms with Gasteiger partial charge in [-0.2, -0.15) is 0 Å². The molecule has 1 aromatic heterocycles. The van der Waals surface area contributed by atoms with Crippen LogP contribution in [0.5, 0.6) is 0 Å². The number of likely N-dealkylation sites (tertiary alicyclic amines) is 1. The predicted octanol–water partition coefficient (Wildman–Crippen LogP) is 4.11. The fourth-order valence-electron chi connectivity index (χ4n) is 3.62. The van der Waals surface area contributed by atoms with Gasteiger partial charge < -0.3 is 9.47 Å². The van der Waals surface area contributed by atoms with Gasteiger partial charge in [-0.15, -0.1) is 0 Å².